The molecule has 1 amide bonds. The van der Waals surface area contributed by atoms with E-state index in [2.05, 4.69) is 11.8 Å². The second kappa shape index (κ2) is 5.70. The fourth-order valence-electron chi connectivity index (χ4n) is 3.00. The molecular formula is C16H20ClN3O. The quantitative estimate of drug-likeness (QED) is 0.853. The summed E-state index contributed by atoms with van der Waals surface area (Å²) in [5, 5.41) is 1.70. The van der Waals surface area contributed by atoms with E-state index >= 15 is 0 Å². The predicted octanol–water partition coefficient (Wildman–Crippen LogP) is 2.61. The van der Waals surface area contributed by atoms with Crippen molar-refractivity contribution in [3.63, 3.8) is 0 Å². The van der Waals surface area contributed by atoms with Crippen LogP contribution in [0.2, 0.25) is 5.02 Å². The van der Waals surface area contributed by atoms with E-state index in [-0.39, 0.29) is 5.91 Å². The molecule has 1 aromatic carbocycles. The van der Waals surface area contributed by atoms with Crippen molar-refractivity contribution >= 4 is 28.4 Å². The lowest BCUT2D eigenvalue weighted by Gasteiger charge is -2.34. The Hall–Kier alpha value is -1.52. The van der Waals surface area contributed by atoms with Gasteiger partial charge in [-0.1, -0.05) is 30.7 Å². The van der Waals surface area contributed by atoms with Crippen molar-refractivity contribution in [3.8, 4) is 0 Å². The van der Waals surface area contributed by atoms with Crippen molar-refractivity contribution < 1.29 is 4.79 Å². The number of halogens is 1. The minimum Gasteiger partial charge on any atom is -0.338 e. The van der Waals surface area contributed by atoms with E-state index < -0.39 is 0 Å². The smallest absolute Gasteiger partial charge is 0.270 e. The van der Waals surface area contributed by atoms with Gasteiger partial charge in [0, 0.05) is 38.6 Å². The van der Waals surface area contributed by atoms with Crippen LogP contribution in [0.5, 0.6) is 0 Å². The van der Waals surface area contributed by atoms with Crippen LogP contribution in [0.3, 0.4) is 0 Å². The molecule has 1 aliphatic rings. The number of likely N-dealkylation sites (N-methyl/N-ethyl adjacent to an activating group) is 1. The molecule has 0 unspecified atom stereocenters. The highest BCUT2D eigenvalue weighted by atomic mass is 35.5. The topological polar surface area (TPSA) is 28.5 Å². The van der Waals surface area contributed by atoms with Gasteiger partial charge in [0.2, 0.25) is 0 Å². The number of aryl methyl sites for hydroxylation is 1. The van der Waals surface area contributed by atoms with E-state index in [9.17, 15) is 4.79 Å². The molecule has 5 heteroatoms. The fourth-order valence-corrected chi connectivity index (χ4v) is 3.31. The second-order valence-corrected chi connectivity index (χ2v) is 5.90. The molecule has 1 aliphatic heterocycles. The van der Waals surface area contributed by atoms with E-state index in [0.29, 0.717) is 10.7 Å². The van der Waals surface area contributed by atoms with Crippen LogP contribution in [-0.2, 0) is 7.05 Å². The van der Waals surface area contributed by atoms with Gasteiger partial charge in [0.05, 0.1) is 10.5 Å². The zero-order chi connectivity index (χ0) is 15.0. The number of carbonyl (C=O) groups is 1. The largest absolute Gasteiger partial charge is 0.338 e. The second-order valence-electron chi connectivity index (χ2n) is 5.49. The lowest BCUT2D eigenvalue weighted by Crippen LogP contribution is -2.48. The first kappa shape index (κ1) is 14.4. The molecule has 0 radical (unpaired) electrons. The molecule has 0 N–H and O–H groups in total. The van der Waals surface area contributed by atoms with Gasteiger partial charge in [0.1, 0.15) is 5.69 Å². The number of carbonyl (C=O) groups excluding carboxylic acids is 1. The van der Waals surface area contributed by atoms with Crippen LogP contribution >= 0.6 is 11.6 Å². The number of aromatic nitrogens is 1. The summed E-state index contributed by atoms with van der Waals surface area (Å²) in [4.78, 5) is 17.0. The Bertz CT molecular complexity index is 671. The number of para-hydroxylation sites is 1. The van der Waals surface area contributed by atoms with Crippen LogP contribution in [-0.4, -0.2) is 53.0 Å². The van der Waals surface area contributed by atoms with Crippen LogP contribution in [0.25, 0.3) is 10.9 Å². The average Bonchev–Trinajstić information content (AvgIpc) is 2.85. The number of rotatable bonds is 2. The van der Waals surface area contributed by atoms with Gasteiger partial charge < -0.3 is 14.4 Å². The van der Waals surface area contributed by atoms with Gasteiger partial charge in [-0.2, -0.15) is 0 Å². The number of amides is 1. The van der Waals surface area contributed by atoms with Crippen molar-refractivity contribution in [2.24, 2.45) is 7.05 Å². The normalized spacial score (nSPS) is 16.6. The Labute approximate surface area is 129 Å². The Morgan fingerprint density at radius 3 is 2.57 bits per heavy atom. The molecule has 4 nitrogen and oxygen atoms in total. The molecule has 0 saturated carbocycles. The van der Waals surface area contributed by atoms with E-state index in [1.165, 1.54) is 0 Å². The molecule has 0 aliphatic carbocycles. The van der Waals surface area contributed by atoms with Gasteiger partial charge in [0.15, 0.2) is 0 Å². The lowest BCUT2D eigenvalue weighted by atomic mass is 10.2. The lowest BCUT2D eigenvalue weighted by molar-refractivity contribution is 0.0634. The molecule has 1 aromatic heterocycles. The predicted molar refractivity (Wildman–Crippen MR) is 85.9 cm³/mol. The fraction of sp³-hybridized carbons (Fsp3) is 0.438. The van der Waals surface area contributed by atoms with Crippen LogP contribution in [0.15, 0.2) is 24.3 Å². The summed E-state index contributed by atoms with van der Waals surface area (Å²) in [5.41, 5.74) is 1.64. The zero-order valence-electron chi connectivity index (χ0n) is 12.5. The minimum absolute atomic E-state index is 0.0977. The first-order valence-electron chi connectivity index (χ1n) is 7.37. The van der Waals surface area contributed by atoms with Gasteiger partial charge in [-0.25, -0.2) is 0 Å². The molecule has 3 rings (SSSR count). The maximum atomic E-state index is 12.7. The maximum absolute atomic E-state index is 12.7. The SMILES string of the molecule is CCN1CCN(C(=O)c2cc3cccc(Cl)c3n2C)CC1. The molecule has 2 heterocycles. The van der Waals surface area contributed by atoms with Crippen LogP contribution < -0.4 is 0 Å². The van der Waals surface area contributed by atoms with E-state index in [1.54, 1.807) is 0 Å². The molecule has 0 bridgehead atoms. The van der Waals surface area contributed by atoms with E-state index in [0.717, 1.165) is 43.6 Å². The molecule has 112 valence electrons. The van der Waals surface area contributed by atoms with Gasteiger partial charge in [-0.3, -0.25) is 4.79 Å². The summed E-state index contributed by atoms with van der Waals surface area (Å²) in [6, 6.07) is 7.71. The number of hydrogen-bond donors (Lipinski definition) is 0. The molecule has 0 spiro atoms. The standard InChI is InChI=1S/C16H20ClN3O/c1-3-19-7-9-20(10-8-19)16(21)14-11-12-5-4-6-13(17)15(12)18(14)2/h4-6,11H,3,7-10H2,1-2H3. The highest BCUT2D eigenvalue weighted by Gasteiger charge is 2.24. The number of piperazine rings is 1. The van der Waals surface area contributed by atoms with Crippen LogP contribution in [0.1, 0.15) is 17.4 Å². The number of benzene rings is 1. The van der Waals surface area contributed by atoms with Gasteiger partial charge in [0.25, 0.3) is 5.91 Å². The molecule has 21 heavy (non-hydrogen) atoms. The van der Waals surface area contributed by atoms with Gasteiger partial charge >= 0.3 is 0 Å². The van der Waals surface area contributed by atoms with Crippen molar-refractivity contribution in [1.29, 1.82) is 0 Å². The Balaban J connectivity index is 1.89. The first-order valence-corrected chi connectivity index (χ1v) is 7.75. The van der Waals surface area contributed by atoms with Crippen LogP contribution in [0.4, 0.5) is 0 Å². The Morgan fingerprint density at radius 1 is 1.24 bits per heavy atom. The van der Waals surface area contributed by atoms with Crippen molar-refractivity contribution in [1.82, 2.24) is 14.4 Å². The van der Waals surface area contributed by atoms with Gasteiger partial charge in [-0.15, -0.1) is 0 Å². The summed E-state index contributed by atoms with van der Waals surface area (Å²) in [5.74, 6) is 0.0977. The van der Waals surface area contributed by atoms with E-state index in [4.69, 9.17) is 11.6 Å². The summed E-state index contributed by atoms with van der Waals surface area (Å²) < 4.78 is 1.91. The Morgan fingerprint density at radius 2 is 1.95 bits per heavy atom. The summed E-state index contributed by atoms with van der Waals surface area (Å²) >= 11 is 6.25. The molecule has 2 aromatic rings. The summed E-state index contributed by atoms with van der Waals surface area (Å²) in [6.45, 7) is 6.69. The third-order valence-electron chi connectivity index (χ3n) is 4.33. The van der Waals surface area contributed by atoms with Crippen LogP contribution in [0, 0.1) is 0 Å². The first-order chi connectivity index (χ1) is 10.1. The molecular weight excluding hydrogens is 286 g/mol. The van der Waals surface area contributed by atoms with Crippen molar-refractivity contribution in [3.05, 3.63) is 35.0 Å². The maximum Gasteiger partial charge on any atom is 0.270 e. The minimum atomic E-state index is 0.0977. The summed E-state index contributed by atoms with van der Waals surface area (Å²) in [7, 11) is 1.91. The summed E-state index contributed by atoms with van der Waals surface area (Å²) in [6.07, 6.45) is 0. The average molecular weight is 306 g/mol. The molecule has 0 atom stereocenters. The number of fused-ring (bicyclic) bond motifs is 1. The third-order valence-corrected chi connectivity index (χ3v) is 4.64. The third kappa shape index (κ3) is 2.54. The number of nitrogens with zero attached hydrogens (tertiary/aromatic N) is 3. The van der Waals surface area contributed by atoms with Gasteiger partial charge in [-0.05, 0) is 18.7 Å². The zero-order valence-corrected chi connectivity index (χ0v) is 13.2. The highest BCUT2D eigenvalue weighted by molar-refractivity contribution is 6.35. The highest BCUT2D eigenvalue weighted by Crippen LogP contribution is 2.26. The van der Waals surface area contributed by atoms with E-state index in [1.807, 2.05) is 40.8 Å². The molecule has 1 fully saturated rings. The Kier molecular flexibility index (Phi) is 3.91. The number of hydrogen-bond acceptors (Lipinski definition) is 2. The van der Waals surface area contributed by atoms with Crippen molar-refractivity contribution in [2.75, 3.05) is 32.7 Å². The monoisotopic (exact) mass is 305 g/mol. The molecule has 1 saturated heterocycles. The van der Waals surface area contributed by atoms with Crippen molar-refractivity contribution in [2.45, 2.75) is 6.92 Å².